The van der Waals surface area contributed by atoms with Crippen molar-refractivity contribution in [3.8, 4) is 11.4 Å². The van der Waals surface area contributed by atoms with E-state index in [9.17, 15) is 9.59 Å². The Morgan fingerprint density at radius 3 is 2.15 bits per heavy atom. The van der Waals surface area contributed by atoms with Crippen LogP contribution in [0.2, 0.25) is 5.02 Å². The molecule has 0 saturated carbocycles. The third kappa shape index (κ3) is 10.6. The standard InChI is InChI=1S/C37H51ClN6O3/c1-6-7-8-9-10-11-12-13-14-15-16-17-23-47-36(46)40-29-22-21-26(2)30(25-29)35(45)39-28-20-18-19-27(24-28)33-41-34-31(38)32(37(3,4)5)42-44(34)43-33/h18-22,24-25,42H,6-17,23H2,1-5H3,(H,39,45)(H,40,46). The first-order valence-electron chi connectivity index (χ1n) is 17.2. The van der Waals surface area contributed by atoms with Crippen LogP contribution in [-0.2, 0) is 10.2 Å². The number of halogens is 1. The van der Waals surface area contributed by atoms with Crippen molar-refractivity contribution in [1.29, 1.82) is 0 Å². The van der Waals surface area contributed by atoms with E-state index in [4.69, 9.17) is 16.3 Å². The quantitative estimate of drug-likeness (QED) is 0.0974. The third-order valence-electron chi connectivity index (χ3n) is 8.33. The van der Waals surface area contributed by atoms with Crippen LogP contribution in [0.25, 0.3) is 17.0 Å². The van der Waals surface area contributed by atoms with Crippen LogP contribution in [0.3, 0.4) is 0 Å². The fraction of sp³-hybridized carbons (Fsp3) is 0.514. The molecule has 4 aromatic rings. The second-order valence-electron chi connectivity index (χ2n) is 13.4. The van der Waals surface area contributed by atoms with E-state index in [-0.39, 0.29) is 11.3 Å². The van der Waals surface area contributed by atoms with Crippen molar-refractivity contribution in [2.75, 3.05) is 17.2 Å². The second kappa shape index (κ2) is 17.3. The number of anilines is 2. The van der Waals surface area contributed by atoms with Crippen LogP contribution in [-0.4, -0.2) is 38.4 Å². The number of carbonyl (C=O) groups is 2. The minimum atomic E-state index is -0.519. The molecule has 0 spiro atoms. The maximum Gasteiger partial charge on any atom is 0.411 e. The van der Waals surface area contributed by atoms with Gasteiger partial charge in [0, 0.05) is 27.9 Å². The molecule has 0 bridgehead atoms. The molecule has 0 aliphatic carbocycles. The predicted octanol–water partition coefficient (Wildman–Crippen LogP) is 10.5. The van der Waals surface area contributed by atoms with E-state index >= 15 is 0 Å². The molecule has 10 heteroatoms. The first kappa shape index (κ1) is 36.0. The zero-order valence-electron chi connectivity index (χ0n) is 28.7. The Morgan fingerprint density at radius 1 is 0.872 bits per heavy atom. The molecule has 254 valence electrons. The van der Waals surface area contributed by atoms with E-state index < -0.39 is 6.09 Å². The van der Waals surface area contributed by atoms with Gasteiger partial charge in [-0.1, -0.05) is 128 Å². The van der Waals surface area contributed by atoms with Crippen LogP contribution >= 0.6 is 11.6 Å². The fourth-order valence-electron chi connectivity index (χ4n) is 5.56. The summed E-state index contributed by atoms with van der Waals surface area (Å²) in [4.78, 5) is 30.3. The number of aryl methyl sites for hydroxylation is 1. The molecule has 4 rings (SSSR count). The molecule has 2 amide bonds. The minimum Gasteiger partial charge on any atom is -0.449 e. The Morgan fingerprint density at radius 2 is 1.51 bits per heavy atom. The van der Waals surface area contributed by atoms with Crippen molar-refractivity contribution in [2.45, 2.75) is 117 Å². The molecule has 0 atom stereocenters. The monoisotopic (exact) mass is 662 g/mol. The Kier molecular flexibility index (Phi) is 13.3. The Hall–Kier alpha value is -3.85. The van der Waals surface area contributed by atoms with Gasteiger partial charge in [-0.25, -0.2) is 9.78 Å². The molecule has 0 radical (unpaired) electrons. The van der Waals surface area contributed by atoms with Crippen molar-refractivity contribution in [2.24, 2.45) is 0 Å². The SMILES string of the molecule is CCCCCCCCCCCCCCOC(=O)Nc1ccc(C)c(C(=O)Nc2cccc(-c3nc4c(Cl)c(C(C)(C)C)[nH]n4n3)c2)c1. The van der Waals surface area contributed by atoms with Gasteiger partial charge in [-0.05, 0) is 43.2 Å². The Bertz CT molecular complexity index is 1620. The Labute approximate surface area is 284 Å². The van der Waals surface area contributed by atoms with Gasteiger partial charge in [0.2, 0.25) is 0 Å². The van der Waals surface area contributed by atoms with E-state index in [0.29, 0.717) is 40.0 Å². The van der Waals surface area contributed by atoms with Crippen LogP contribution in [0, 0.1) is 6.92 Å². The normalized spacial score (nSPS) is 11.6. The molecule has 2 aromatic carbocycles. The van der Waals surface area contributed by atoms with Gasteiger partial charge in [0.1, 0.15) is 5.02 Å². The number of hydrogen-bond donors (Lipinski definition) is 3. The predicted molar refractivity (Wildman–Crippen MR) is 192 cm³/mol. The number of benzene rings is 2. The van der Waals surface area contributed by atoms with E-state index in [1.54, 1.807) is 28.9 Å². The highest BCUT2D eigenvalue weighted by molar-refractivity contribution is 6.34. The summed E-state index contributed by atoms with van der Waals surface area (Å²) >= 11 is 6.60. The van der Waals surface area contributed by atoms with Crippen molar-refractivity contribution >= 4 is 40.6 Å². The van der Waals surface area contributed by atoms with Gasteiger partial charge in [-0.2, -0.15) is 4.63 Å². The molecule has 0 saturated heterocycles. The molecule has 0 fully saturated rings. The molecule has 9 nitrogen and oxygen atoms in total. The van der Waals surface area contributed by atoms with Gasteiger partial charge < -0.3 is 10.1 Å². The molecule has 2 aromatic heterocycles. The van der Waals surface area contributed by atoms with Crippen LogP contribution < -0.4 is 10.6 Å². The number of fused-ring (bicyclic) bond motifs is 1. The number of nitrogens with one attached hydrogen (secondary N) is 3. The minimum absolute atomic E-state index is 0.180. The number of aromatic amines is 1. The summed E-state index contributed by atoms with van der Waals surface area (Å²) in [7, 11) is 0. The topological polar surface area (TPSA) is 113 Å². The number of ether oxygens (including phenoxy) is 1. The number of unbranched alkanes of at least 4 members (excludes halogenated alkanes) is 11. The van der Waals surface area contributed by atoms with Crippen molar-refractivity contribution < 1.29 is 14.3 Å². The van der Waals surface area contributed by atoms with Crippen LogP contribution in [0.1, 0.15) is 126 Å². The van der Waals surface area contributed by atoms with Crippen molar-refractivity contribution in [3.63, 3.8) is 0 Å². The van der Waals surface area contributed by atoms with Gasteiger partial charge in [-0.15, -0.1) is 5.10 Å². The van der Waals surface area contributed by atoms with E-state index in [0.717, 1.165) is 29.7 Å². The summed E-state index contributed by atoms with van der Waals surface area (Å²) in [6, 6.07) is 12.6. The molecular weight excluding hydrogens is 612 g/mol. The smallest absolute Gasteiger partial charge is 0.411 e. The lowest BCUT2D eigenvalue weighted by Gasteiger charge is -2.16. The van der Waals surface area contributed by atoms with E-state index in [1.165, 1.54) is 64.2 Å². The molecular formula is C37H51ClN6O3. The number of aromatic nitrogens is 4. The van der Waals surface area contributed by atoms with Gasteiger partial charge >= 0.3 is 6.09 Å². The van der Waals surface area contributed by atoms with Crippen molar-refractivity contribution in [1.82, 2.24) is 19.8 Å². The molecule has 3 N–H and O–H groups in total. The van der Waals surface area contributed by atoms with Crippen LogP contribution in [0.5, 0.6) is 0 Å². The van der Waals surface area contributed by atoms with Gasteiger partial charge in [-0.3, -0.25) is 15.2 Å². The number of hydrogen-bond acceptors (Lipinski definition) is 5. The number of H-pyrrole nitrogens is 1. The molecule has 0 aliphatic rings. The summed E-state index contributed by atoms with van der Waals surface area (Å²) in [5.41, 5.74) is 4.28. The number of nitrogens with zero attached hydrogens (tertiary/aromatic N) is 3. The van der Waals surface area contributed by atoms with Gasteiger partial charge in [0.25, 0.3) is 5.91 Å². The summed E-state index contributed by atoms with van der Waals surface area (Å²) in [6.07, 6.45) is 14.5. The molecule has 0 unspecified atom stereocenters. The summed E-state index contributed by atoms with van der Waals surface area (Å²) in [5.74, 6) is 0.190. The highest BCUT2D eigenvalue weighted by Crippen LogP contribution is 2.32. The van der Waals surface area contributed by atoms with Crippen LogP contribution in [0.15, 0.2) is 42.5 Å². The summed E-state index contributed by atoms with van der Waals surface area (Å²) in [6.45, 7) is 10.7. The lowest BCUT2D eigenvalue weighted by atomic mass is 9.92. The zero-order chi connectivity index (χ0) is 33.8. The maximum atomic E-state index is 13.3. The summed E-state index contributed by atoms with van der Waals surface area (Å²) < 4.78 is 6.97. The zero-order valence-corrected chi connectivity index (χ0v) is 29.4. The first-order chi connectivity index (χ1) is 22.6. The second-order valence-corrected chi connectivity index (χ2v) is 13.8. The largest absolute Gasteiger partial charge is 0.449 e. The fourth-order valence-corrected chi connectivity index (χ4v) is 6.01. The number of rotatable bonds is 17. The highest BCUT2D eigenvalue weighted by Gasteiger charge is 2.24. The summed E-state index contributed by atoms with van der Waals surface area (Å²) in [5, 5.41) is 14.0. The molecule has 2 heterocycles. The molecule has 0 aliphatic heterocycles. The first-order valence-corrected chi connectivity index (χ1v) is 17.6. The van der Waals surface area contributed by atoms with Crippen molar-refractivity contribution in [3.05, 3.63) is 64.3 Å². The lowest BCUT2D eigenvalue weighted by Crippen LogP contribution is -2.17. The average Bonchev–Trinajstić information content (AvgIpc) is 3.60. The molecule has 47 heavy (non-hydrogen) atoms. The van der Waals surface area contributed by atoms with Gasteiger partial charge in [0.05, 0.1) is 12.3 Å². The highest BCUT2D eigenvalue weighted by atomic mass is 35.5. The lowest BCUT2D eigenvalue weighted by molar-refractivity contribution is 0.102. The number of carbonyl (C=O) groups excluding carboxylic acids is 2. The third-order valence-corrected chi connectivity index (χ3v) is 8.69. The Balaban J connectivity index is 1.23. The van der Waals surface area contributed by atoms with Gasteiger partial charge in [0.15, 0.2) is 11.5 Å². The number of amides is 2. The van der Waals surface area contributed by atoms with E-state index in [2.05, 4.69) is 53.5 Å². The van der Waals surface area contributed by atoms with Crippen LogP contribution in [0.4, 0.5) is 16.2 Å². The maximum absolute atomic E-state index is 13.3. The van der Waals surface area contributed by atoms with E-state index in [1.807, 2.05) is 25.1 Å². The average molecular weight is 663 g/mol.